The van der Waals surface area contributed by atoms with Gasteiger partial charge in [-0.3, -0.25) is 13.7 Å². The van der Waals surface area contributed by atoms with Crippen molar-refractivity contribution in [1.29, 1.82) is 0 Å². The Morgan fingerprint density at radius 3 is 2.19 bits per heavy atom. The van der Waals surface area contributed by atoms with E-state index in [0.717, 1.165) is 12.3 Å². The summed E-state index contributed by atoms with van der Waals surface area (Å²) in [4.78, 5) is 55.0. The predicted octanol–water partition coefficient (Wildman–Crippen LogP) is -12.9. The molecule has 1 aliphatic rings. The molecule has 0 spiro atoms. The molecule has 0 aromatic carbocycles. The summed E-state index contributed by atoms with van der Waals surface area (Å²) in [5.74, 6) is -0.871. The fourth-order valence-electron chi connectivity index (χ4n) is 2.14. The number of aliphatic hydroxyl groups excluding tert-OH is 2. The van der Waals surface area contributed by atoms with Crippen LogP contribution in [0.1, 0.15) is 6.23 Å². The van der Waals surface area contributed by atoms with Gasteiger partial charge < -0.3 is 44.2 Å². The number of ether oxygens (including phenoxy) is 1. The maximum atomic E-state index is 11.7. The topological polar surface area (TPSA) is 256 Å². The molecule has 4 N–H and O–H groups in total. The Hall–Kier alpha value is 2.39. The second-order valence-electron chi connectivity index (χ2n) is 5.35. The number of nitrogens with zero attached hydrogens (tertiary/aromatic N) is 2. The van der Waals surface area contributed by atoms with E-state index in [1.54, 1.807) is 0 Å². The van der Waals surface area contributed by atoms with E-state index in [4.69, 9.17) is 14.5 Å². The first-order chi connectivity index (χ1) is 13.1. The van der Waals surface area contributed by atoms with Gasteiger partial charge in [-0.1, -0.05) is 0 Å². The first-order valence-corrected chi connectivity index (χ1v) is 12.7. The normalized spacial score (nSPS) is 26.6. The zero-order valence-electron chi connectivity index (χ0n) is 16.7. The molecule has 1 saturated heterocycles. The van der Waals surface area contributed by atoms with Crippen molar-refractivity contribution in [3.8, 4) is 5.88 Å². The Balaban J connectivity index is 0. The molecular weight excluding hydrogens is 554 g/mol. The van der Waals surface area contributed by atoms with Crippen LogP contribution in [0.3, 0.4) is 0 Å². The Morgan fingerprint density at radius 2 is 1.69 bits per heavy atom. The molecule has 2 heterocycles. The van der Waals surface area contributed by atoms with E-state index in [2.05, 4.69) is 29.9 Å². The summed E-state index contributed by atoms with van der Waals surface area (Å²) in [5.41, 5.74) is -1.12. The molecule has 0 bridgehead atoms. The second kappa shape index (κ2) is 14.4. The van der Waals surface area contributed by atoms with E-state index < -0.39 is 65.1 Å². The molecule has 1 aromatic heterocycles. The average molecular weight is 566 g/mol. The van der Waals surface area contributed by atoms with E-state index in [1.807, 2.05) is 0 Å². The van der Waals surface area contributed by atoms with Crippen molar-refractivity contribution in [1.82, 2.24) is 9.55 Å². The first kappa shape index (κ1) is 36.5. The number of hydrogen-bond acceptors (Lipinski definition) is 14. The van der Waals surface area contributed by atoms with Crippen LogP contribution in [0.25, 0.3) is 0 Å². The zero-order chi connectivity index (χ0) is 22.2. The molecule has 0 radical (unpaired) electrons. The minimum absolute atomic E-state index is 0. The molecular formula is C9H12N2Na3O14P3S. The average Bonchev–Trinajstić information content (AvgIpc) is 2.78. The minimum atomic E-state index is -5.84. The van der Waals surface area contributed by atoms with Gasteiger partial charge in [0, 0.05) is 6.20 Å². The zero-order valence-corrected chi connectivity index (χ0v) is 26.2. The van der Waals surface area contributed by atoms with Gasteiger partial charge in [0.05, 0.1) is 6.61 Å². The number of rotatable bonds is 8. The molecule has 1 aromatic rings. The van der Waals surface area contributed by atoms with E-state index in [1.165, 1.54) is 0 Å². The summed E-state index contributed by atoms with van der Waals surface area (Å²) in [6.07, 6.45) is -5.85. The summed E-state index contributed by atoms with van der Waals surface area (Å²) in [6.45, 7) is -5.92. The molecule has 6 unspecified atom stereocenters. The molecule has 1 fully saturated rings. The summed E-state index contributed by atoms with van der Waals surface area (Å²) in [5, 5.41) is 30.9. The van der Waals surface area contributed by atoms with Crippen molar-refractivity contribution < 1.29 is 151 Å². The number of hydrogen-bond donors (Lipinski definition) is 4. The molecule has 166 valence electrons. The third-order valence-corrected chi connectivity index (χ3v) is 7.54. The maximum absolute atomic E-state index is 11.7. The van der Waals surface area contributed by atoms with Gasteiger partial charge in [-0.15, -0.1) is 0 Å². The molecule has 32 heavy (non-hydrogen) atoms. The number of aromatic nitrogens is 2. The number of aliphatic hydroxyl groups is 2. The molecule has 6 atom stereocenters. The third-order valence-electron chi connectivity index (χ3n) is 3.22. The van der Waals surface area contributed by atoms with Gasteiger partial charge >= 0.3 is 101 Å². The van der Waals surface area contributed by atoms with Gasteiger partial charge in [0.2, 0.25) is 0 Å². The van der Waals surface area contributed by atoms with Crippen LogP contribution >= 0.6 is 22.4 Å². The largest absolute Gasteiger partial charge is 1.00 e. The quantitative estimate of drug-likeness (QED) is 0.168. The number of phosphoric ester groups is 1. The monoisotopic (exact) mass is 566 g/mol. The van der Waals surface area contributed by atoms with Gasteiger partial charge in [-0.2, -0.15) is 0 Å². The minimum Gasteiger partial charge on any atom is -0.858 e. The van der Waals surface area contributed by atoms with Crippen molar-refractivity contribution in [2.45, 2.75) is 24.5 Å². The van der Waals surface area contributed by atoms with E-state index in [9.17, 15) is 39.0 Å². The molecule has 2 rings (SSSR count). The van der Waals surface area contributed by atoms with Crippen molar-refractivity contribution in [3.05, 3.63) is 22.7 Å². The molecule has 1 aliphatic heterocycles. The van der Waals surface area contributed by atoms with Gasteiger partial charge in [0.25, 0.3) is 15.6 Å². The number of phosphoric acid groups is 2. The SMILES string of the molecule is O=c1nc([O-])ccn1C1OC(COP(=O)([O-])OP(=O)([O-])OP(O)(O)=S)C(O)C1O.[Na+].[Na+].[Na+]. The Morgan fingerprint density at radius 1 is 1.12 bits per heavy atom. The van der Waals surface area contributed by atoms with Crippen LogP contribution in [-0.4, -0.2) is 54.5 Å². The van der Waals surface area contributed by atoms with Gasteiger partial charge in [0.15, 0.2) is 6.23 Å². The predicted molar refractivity (Wildman–Crippen MR) is 85.9 cm³/mol. The Labute approximate surface area is 251 Å². The second-order valence-corrected chi connectivity index (χ2v) is 11.1. The third kappa shape index (κ3) is 11.2. The fourth-order valence-corrected chi connectivity index (χ4v) is 5.81. The van der Waals surface area contributed by atoms with Crippen molar-refractivity contribution >= 4 is 34.2 Å². The molecule has 0 aliphatic carbocycles. The van der Waals surface area contributed by atoms with Crippen LogP contribution in [0, 0.1) is 0 Å². The molecule has 0 amide bonds. The van der Waals surface area contributed by atoms with E-state index in [0.29, 0.717) is 4.57 Å². The van der Waals surface area contributed by atoms with Gasteiger partial charge in [-0.25, -0.2) is 18.4 Å². The smallest absolute Gasteiger partial charge is 0.858 e. The Kier molecular flexibility index (Phi) is 16.4. The maximum Gasteiger partial charge on any atom is 1.00 e. The van der Waals surface area contributed by atoms with Crippen LogP contribution in [0.5, 0.6) is 5.88 Å². The van der Waals surface area contributed by atoms with E-state index >= 15 is 0 Å². The van der Waals surface area contributed by atoms with Gasteiger partial charge in [-0.05, 0) is 23.8 Å². The first-order valence-electron chi connectivity index (χ1n) is 7.13. The van der Waals surface area contributed by atoms with Gasteiger partial charge in [0.1, 0.15) is 18.3 Å². The summed E-state index contributed by atoms with van der Waals surface area (Å²) < 4.78 is 39.9. The van der Waals surface area contributed by atoms with Crippen LogP contribution in [0.2, 0.25) is 0 Å². The standard InChI is InChI=1S/C9H15N2O14P3S.3Na/c12-5-1-2-11(9(15)10-5)8-7(14)6(13)4(23-8)3-22-26(16,17)24-27(18,19)25-28(20,21)29;;;/h1-2,4,6-8,13-14H,3H2,(H,16,17)(H,18,19)(H,10,12,15)(H2,20,21,29);;;/q;3*+1/p-3. The summed E-state index contributed by atoms with van der Waals surface area (Å²) >= 11 is 3.86. The summed E-state index contributed by atoms with van der Waals surface area (Å²) in [7, 11) is -11.5. The van der Waals surface area contributed by atoms with Crippen LogP contribution in [0.15, 0.2) is 17.1 Å². The van der Waals surface area contributed by atoms with E-state index in [-0.39, 0.29) is 88.7 Å². The van der Waals surface area contributed by atoms with Crippen molar-refractivity contribution in [2.24, 2.45) is 0 Å². The Bertz CT molecular complexity index is 963. The molecule has 16 nitrogen and oxygen atoms in total. The van der Waals surface area contributed by atoms with Crippen molar-refractivity contribution in [2.75, 3.05) is 6.61 Å². The summed E-state index contributed by atoms with van der Waals surface area (Å²) in [6, 6.07) is 0.864. The van der Waals surface area contributed by atoms with Crippen LogP contribution < -0.4 is 109 Å². The van der Waals surface area contributed by atoms with Crippen molar-refractivity contribution in [3.63, 3.8) is 0 Å². The molecule has 0 saturated carbocycles. The van der Waals surface area contributed by atoms with Crippen LogP contribution in [0.4, 0.5) is 0 Å². The fraction of sp³-hybridized carbons (Fsp3) is 0.556. The van der Waals surface area contributed by atoms with Crippen LogP contribution in [-0.2, 0) is 38.8 Å². The molecule has 23 heteroatoms.